The van der Waals surface area contributed by atoms with Crippen LogP contribution in [0.4, 0.5) is 0 Å². The molecule has 0 saturated heterocycles. The monoisotopic (exact) mass is 254 g/mol. The first-order valence-corrected chi connectivity index (χ1v) is 7.31. The van der Waals surface area contributed by atoms with Crippen LogP contribution in [0.15, 0.2) is 5.38 Å². The van der Waals surface area contributed by atoms with Crippen molar-refractivity contribution in [2.24, 2.45) is 0 Å². The molecule has 0 fully saturated rings. The Hall–Kier alpha value is -0.410. The Bertz CT molecular complexity index is 363. The van der Waals surface area contributed by atoms with Gasteiger partial charge in [0.1, 0.15) is 5.01 Å². The zero-order chi connectivity index (χ0) is 13.3. The summed E-state index contributed by atoms with van der Waals surface area (Å²) in [7, 11) is 0. The summed E-state index contributed by atoms with van der Waals surface area (Å²) < 4.78 is 0. The molecule has 0 amide bonds. The second-order valence-electron chi connectivity index (χ2n) is 6.27. The standard InChI is InChI=1S/C14H26N2S/c1-8-14(7,16-10(2)3)12-15-11(9-17-12)13(4,5)6/h9-10,16H,8H2,1-7H3. The van der Waals surface area contributed by atoms with Crippen LogP contribution in [0.25, 0.3) is 0 Å². The van der Waals surface area contributed by atoms with E-state index in [0.29, 0.717) is 6.04 Å². The van der Waals surface area contributed by atoms with Crippen molar-refractivity contribution >= 4 is 11.3 Å². The van der Waals surface area contributed by atoms with Crippen molar-refractivity contribution in [2.45, 2.75) is 71.9 Å². The maximum Gasteiger partial charge on any atom is 0.113 e. The van der Waals surface area contributed by atoms with Gasteiger partial charge in [-0.05, 0) is 27.2 Å². The molecule has 0 saturated carbocycles. The topological polar surface area (TPSA) is 24.9 Å². The van der Waals surface area contributed by atoms with Crippen molar-refractivity contribution in [3.05, 3.63) is 16.1 Å². The first-order valence-electron chi connectivity index (χ1n) is 6.43. The Morgan fingerprint density at radius 1 is 1.29 bits per heavy atom. The fraction of sp³-hybridized carbons (Fsp3) is 0.786. The van der Waals surface area contributed by atoms with Gasteiger partial charge in [-0.25, -0.2) is 4.98 Å². The van der Waals surface area contributed by atoms with Gasteiger partial charge in [0, 0.05) is 16.8 Å². The second kappa shape index (κ2) is 5.07. The second-order valence-corrected chi connectivity index (χ2v) is 7.13. The van der Waals surface area contributed by atoms with E-state index in [1.165, 1.54) is 10.7 Å². The first kappa shape index (κ1) is 14.7. The van der Waals surface area contributed by atoms with Crippen molar-refractivity contribution in [2.75, 3.05) is 0 Å². The zero-order valence-corrected chi connectivity index (χ0v) is 13.0. The van der Waals surface area contributed by atoms with Gasteiger partial charge in [0.2, 0.25) is 0 Å². The molecule has 17 heavy (non-hydrogen) atoms. The molecular formula is C14H26N2S. The Kier molecular flexibility index (Phi) is 4.37. The van der Waals surface area contributed by atoms with E-state index >= 15 is 0 Å². The Morgan fingerprint density at radius 2 is 1.88 bits per heavy atom. The molecule has 1 N–H and O–H groups in total. The number of nitrogens with zero attached hydrogens (tertiary/aromatic N) is 1. The molecular weight excluding hydrogens is 228 g/mol. The molecule has 0 spiro atoms. The summed E-state index contributed by atoms with van der Waals surface area (Å²) in [6.07, 6.45) is 1.06. The minimum Gasteiger partial charge on any atom is -0.303 e. The van der Waals surface area contributed by atoms with E-state index < -0.39 is 0 Å². The van der Waals surface area contributed by atoms with Gasteiger partial charge >= 0.3 is 0 Å². The highest BCUT2D eigenvalue weighted by Gasteiger charge is 2.30. The highest BCUT2D eigenvalue weighted by Crippen LogP contribution is 2.31. The molecule has 98 valence electrons. The van der Waals surface area contributed by atoms with Crippen LogP contribution in [0.5, 0.6) is 0 Å². The Labute approximate surface area is 110 Å². The van der Waals surface area contributed by atoms with Crippen LogP contribution >= 0.6 is 11.3 Å². The summed E-state index contributed by atoms with van der Waals surface area (Å²) in [5.41, 5.74) is 1.34. The first-order chi connectivity index (χ1) is 7.69. The van der Waals surface area contributed by atoms with Crippen molar-refractivity contribution in [3.8, 4) is 0 Å². The maximum absolute atomic E-state index is 4.83. The summed E-state index contributed by atoms with van der Waals surface area (Å²) in [5.74, 6) is 0. The number of nitrogens with one attached hydrogen (secondary N) is 1. The molecule has 1 heterocycles. The number of hydrogen-bond donors (Lipinski definition) is 1. The molecule has 3 heteroatoms. The summed E-state index contributed by atoms with van der Waals surface area (Å²) in [6.45, 7) is 15.5. The molecule has 0 aliphatic carbocycles. The van der Waals surface area contributed by atoms with Crippen LogP contribution in [0, 0.1) is 0 Å². The zero-order valence-electron chi connectivity index (χ0n) is 12.2. The fourth-order valence-electron chi connectivity index (χ4n) is 1.82. The van der Waals surface area contributed by atoms with E-state index in [9.17, 15) is 0 Å². The van der Waals surface area contributed by atoms with Gasteiger partial charge in [0.15, 0.2) is 0 Å². The molecule has 0 aliphatic heterocycles. The molecule has 0 radical (unpaired) electrons. The summed E-state index contributed by atoms with van der Waals surface area (Å²) in [5, 5.41) is 7.04. The van der Waals surface area contributed by atoms with E-state index in [1.54, 1.807) is 11.3 Å². The molecule has 2 nitrogen and oxygen atoms in total. The highest BCUT2D eigenvalue weighted by atomic mass is 32.1. The summed E-state index contributed by atoms with van der Waals surface area (Å²) >= 11 is 1.78. The van der Waals surface area contributed by atoms with Gasteiger partial charge in [-0.2, -0.15) is 0 Å². The van der Waals surface area contributed by atoms with Gasteiger partial charge in [0.05, 0.1) is 11.2 Å². The van der Waals surface area contributed by atoms with E-state index in [1.807, 2.05) is 0 Å². The largest absolute Gasteiger partial charge is 0.303 e. The Morgan fingerprint density at radius 3 is 2.24 bits per heavy atom. The number of rotatable bonds is 4. The minimum atomic E-state index is 0.00231. The maximum atomic E-state index is 4.83. The molecule has 0 bridgehead atoms. The van der Waals surface area contributed by atoms with Crippen molar-refractivity contribution in [3.63, 3.8) is 0 Å². The molecule has 1 aromatic rings. The minimum absolute atomic E-state index is 0.00231. The van der Waals surface area contributed by atoms with Crippen LogP contribution in [-0.4, -0.2) is 11.0 Å². The van der Waals surface area contributed by atoms with Crippen molar-refractivity contribution < 1.29 is 0 Å². The lowest BCUT2D eigenvalue weighted by molar-refractivity contribution is 0.320. The molecule has 0 aliphatic rings. The average Bonchev–Trinajstić information content (AvgIpc) is 2.64. The fourth-order valence-corrected chi connectivity index (χ4v) is 3.07. The van der Waals surface area contributed by atoms with Crippen LogP contribution in [0.1, 0.15) is 65.6 Å². The Balaban J connectivity index is 3.01. The molecule has 0 aromatic carbocycles. The predicted molar refractivity (Wildman–Crippen MR) is 76.7 cm³/mol. The molecule has 1 aromatic heterocycles. The van der Waals surface area contributed by atoms with Gasteiger partial charge in [0.25, 0.3) is 0 Å². The molecule has 1 unspecified atom stereocenters. The van der Waals surface area contributed by atoms with Gasteiger partial charge in [-0.15, -0.1) is 11.3 Å². The third-order valence-corrected chi connectivity index (χ3v) is 4.17. The van der Waals surface area contributed by atoms with E-state index in [4.69, 9.17) is 4.98 Å². The smallest absolute Gasteiger partial charge is 0.113 e. The lowest BCUT2D eigenvalue weighted by Gasteiger charge is -2.30. The van der Waals surface area contributed by atoms with Crippen LogP contribution < -0.4 is 5.32 Å². The van der Waals surface area contributed by atoms with E-state index in [2.05, 4.69) is 59.2 Å². The SMILES string of the molecule is CCC(C)(NC(C)C)c1nc(C(C)(C)C)cs1. The third kappa shape index (κ3) is 3.52. The van der Waals surface area contributed by atoms with Crippen LogP contribution in [-0.2, 0) is 11.0 Å². The van der Waals surface area contributed by atoms with Gasteiger partial charge in [-0.1, -0.05) is 27.7 Å². The predicted octanol–water partition coefficient (Wildman–Crippen LogP) is 4.06. The van der Waals surface area contributed by atoms with Gasteiger partial charge in [-0.3, -0.25) is 0 Å². The number of hydrogen-bond acceptors (Lipinski definition) is 3. The lowest BCUT2D eigenvalue weighted by atomic mass is 9.93. The number of aromatic nitrogens is 1. The summed E-state index contributed by atoms with van der Waals surface area (Å²) in [6, 6.07) is 0.474. The molecule has 1 rings (SSSR count). The van der Waals surface area contributed by atoms with Crippen molar-refractivity contribution in [1.82, 2.24) is 10.3 Å². The normalized spacial score (nSPS) is 16.2. The summed E-state index contributed by atoms with van der Waals surface area (Å²) in [4.78, 5) is 4.83. The highest BCUT2D eigenvalue weighted by molar-refractivity contribution is 7.09. The molecule has 1 atom stereocenters. The van der Waals surface area contributed by atoms with Crippen LogP contribution in [0.3, 0.4) is 0 Å². The lowest BCUT2D eigenvalue weighted by Crippen LogP contribution is -2.43. The van der Waals surface area contributed by atoms with Gasteiger partial charge < -0.3 is 5.32 Å². The van der Waals surface area contributed by atoms with E-state index in [0.717, 1.165) is 6.42 Å². The number of thiazole rings is 1. The van der Waals surface area contributed by atoms with Crippen LogP contribution in [0.2, 0.25) is 0 Å². The third-order valence-electron chi connectivity index (χ3n) is 3.06. The van der Waals surface area contributed by atoms with E-state index in [-0.39, 0.29) is 11.0 Å². The quantitative estimate of drug-likeness (QED) is 0.876. The average molecular weight is 254 g/mol. The van der Waals surface area contributed by atoms with Crippen molar-refractivity contribution in [1.29, 1.82) is 0 Å².